The molecule has 0 aromatic carbocycles. The van der Waals surface area contributed by atoms with E-state index in [9.17, 15) is 4.79 Å². The van der Waals surface area contributed by atoms with E-state index in [0.29, 0.717) is 11.8 Å². The maximum absolute atomic E-state index is 11.0. The van der Waals surface area contributed by atoms with Gasteiger partial charge in [0.1, 0.15) is 0 Å². The third kappa shape index (κ3) is 3.26. The number of carboxylic acid groups (broad SMARTS) is 1. The third-order valence-electron chi connectivity index (χ3n) is 4.08. The first-order valence-corrected chi connectivity index (χ1v) is 7.00. The van der Waals surface area contributed by atoms with Crippen LogP contribution < -0.4 is 0 Å². The Morgan fingerprint density at radius 2 is 2.00 bits per heavy atom. The Kier molecular flexibility index (Phi) is 4.51. The van der Waals surface area contributed by atoms with Crippen LogP contribution in [0.1, 0.15) is 19.3 Å². The van der Waals surface area contributed by atoms with Gasteiger partial charge in [-0.15, -0.1) is 11.6 Å². The number of piperidine rings is 2. The van der Waals surface area contributed by atoms with Crippen molar-refractivity contribution in [2.75, 3.05) is 38.6 Å². The second kappa shape index (κ2) is 5.91. The molecule has 4 nitrogen and oxygen atoms in total. The predicted octanol–water partition coefficient (Wildman–Crippen LogP) is 1.94. The second-order valence-corrected chi connectivity index (χ2v) is 5.55. The van der Waals surface area contributed by atoms with Crippen LogP contribution in [0.4, 0.5) is 4.79 Å². The SMILES string of the molecule is O=C(O)N1CCC2CCN(CCCCl)CC2C1. The molecule has 2 atom stereocenters. The summed E-state index contributed by atoms with van der Waals surface area (Å²) < 4.78 is 0. The fourth-order valence-corrected chi connectivity index (χ4v) is 3.22. The molecule has 2 unspecified atom stereocenters. The van der Waals surface area contributed by atoms with Crippen LogP contribution in [0, 0.1) is 11.8 Å². The van der Waals surface area contributed by atoms with Gasteiger partial charge in [0, 0.05) is 25.5 Å². The number of nitrogens with zero attached hydrogens (tertiary/aromatic N) is 2. The highest BCUT2D eigenvalue weighted by Crippen LogP contribution is 2.31. The van der Waals surface area contributed by atoms with E-state index in [1.807, 2.05) is 0 Å². The van der Waals surface area contributed by atoms with Gasteiger partial charge >= 0.3 is 6.09 Å². The summed E-state index contributed by atoms with van der Waals surface area (Å²) in [5.74, 6) is 1.98. The lowest BCUT2D eigenvalue weighted by Gasteiger charge is -2.44. The molecule has 5 heteroatoms. The molecule has 0 spiro atoms. The quantitative estimate of drug-likeness (QED) is 0.789. The van der Waals surface area contributed by atoms with Gasteiger partial charge in [0.25, 0.3) is 0 Å². The number of likely N-dealkylation sites (tertiary alicyclic amines) is 2. The monoisotopic (exact) mass is 260 g/mol. The van der Waals surface area contributed by atoms with Crippen LogP contribution >= 0.6 is 11.6 Å². The number of hydrogen-bond acceptors (Lipinski definition) is 2. The summed E-state index contributed by atoms with van der Waals surface area (Å²) in [6.45, 7) is 4.70. The summed E-state index contributed by atoms with van der Waals surface area (Å²) in [4.78, 5) is 15.0. The van der Waals surface area contributed by atoms with E-state index in [0.717, 1.165) is 51.5 Å². The summed E-state index contributed by atoms with van der Waals surface area (Å²) in [6, 6.07) is 0. The average molecular weight is 261 g/mol. The summed E-state index contributed by atoms with van der Waals surface area (Å²) in [5.41, 5.74) is 0. The fraction of sp³-hybridized carbons (Fsp3) is 0.917. The lowest BCUT2D eigenvalue weighted by atomic mass is 9.80. The van der Waals surface area contributed by atoms with Crippen LogP contribution in [0.15, 0.2) is 0 Å². The van der Waals surface area contributed by atoms with Crippen molar-refractivity contribution in [3.8, 4) is 0 Å². The van der Waals surface area contributed by atoms with Gasteiger partial charge in [-0.25, -0.2) is 4.79 Å². The fourth-order valence-electron chi connectivity index (χ4n) is 3.10. The molecule has 0 aromatic rings. The number of amides is 1. The van der Waals surface area contributed by atoms with Crippen molar-refractivity contribution >= 4 is 17.7 Å². The molecule has 1 amide bonds. The predicted molar refractivity (Wildman–Crippen MR) is 67.6 cm³/mol. The zero-order valence-corrected chi connectivity index (χ0v) is 10.9. The van der Waals surface area contributed by atoms with Crippen molar-refractivity contribution in [3.05, 3.63) is 0 Å². The average Bonchev–Trinajstić information content (AvgIpc) is 2.35. The minimum Gasteiger partial charge on any atom is -0.465 e. The summed E-state index contributed by atoms with van der Waals surface area (Å²) in [7, 11) is 0. The van der Waals surface area contributed by atoms with Gasteiger partial charge < -0.3 is 14.9 Å². The lowest BCUT2D eigenvalue weighted by Crippen LogP contribution is -2.51. The van der Waals surface area contributed by atoms with E-state index in [2.05, 4.69) is 4.90 Å². The molecule has 2 saturated heterocycles. The van der Waals surface area contributed by atoms with Crippen molar-refractivity contribution in [1.82, 2.24) is 9.80 Å². The van der Waals surface area contributed by atoms with Crippen molar-refractivity contribution < 1.29 is 9.90 Å². The van der Waals surface area contributed by atoms with Crippen molar-refractivity contribution in [1.29, 1.82) is 0 Å². The molecule has 0 radical (unpaired) electrons. The van der Waals surface area contributed by atoms with E-state index in [-0.39, 0.29) is 0 Å². The van der Waals surface area contributed by atoms with Gasteiger partial charge in [0.15, 0.2) is 0 Å². The Hall–Kier alpha value is -0.480. The molecule has 0 aromatic heterocycles. The summed E-state index contributed by atoms with van der Waals surface area (Å²) in [5, 5.41) is 9.03. The molecule has 0 saturated carbocycles. The summed E-state index contributed by atoms with van der Waals surface area (Å²) >= 11 is 5.71. The second-order valence-electron chi connectivity index (χ2n) is 5.17. The van der Waals surface area contributed by atoms with Crippen molar-refractivity contribution in [2.24, 2.45) is 11.8 Å². The first-order valence-electron chi connectivity index (χ1n) is 6.47. The standard InChI is InChI=1S/C12H21ClN2O2/c13-4-1-5-14-6-2-10-3-7-15(12(16)17)9-11(10)8-14/h10-11H,1-9H2,(H,16,17). The normalized spacial score (nSPS) is 30.1. The maximum Gasteiger partial charge on any atom is 0.407 e. The molecular weight excluding hydrogens is 240 g/mol. The first kappa shape index (κ1) is 13.0. The minimum atomic E-state index is -0.763. The van der Waals surface area contributed by atoms with Gasteiger partial charge in [-0.3, -0.25) is 0 Å². The van der Waals surface area contributed by atoms with Gasteiger partial charge in [0.05, 0.1) is 0 Å². The molecule has 2 aliphatic heterocycles. The first-order chi connectivity index (χ1) is 8.20. The number of alkyl halides is 1. The van der Waals surface area contributed by atoms with E-state index in [1.54, 1.807) is 4.90 Å². The number of halogens is 1. The Balaban J connectivity index is 1.85. The van der Waals surface area contributed by atoms with Gasteiger partial charge in [-0.2, -0.15) is 0 Å². The smallest absolute Gasteiger partial charge is 0.407 e. The molecule has 0 aliphatic carbocycles. The van der Waals surface area contributed by atoms with Crippen molar-refractivity contribution in [3.63, 3.8) is 0 Å². The maximum atomic E-state index is 11.0. The molecule has 1 N–H and O–H groups in total. The Labute approximate surface area is 108 Å². The van der Waals surface area contributed by atoms with Crippen LogP contribution in [0.5, 0.6) is 0 Å². The summed E-state index contributed by atoms with van der Waals surface area (Å²) in [6.07, 6.45) is 2.53. The van der Waals surface area contributed by atoms with Crippen LogP contribution in [-0.4, -0.2) is 59.6 Å². The molecule has 2 fully saturated rings. The van der Waals surface area contributed by atoms with Crippen LogP contribution in [0.25, 0.3) is 0 Å². The minimum absolute atomic E-state index is 0.531. The van der Waals surface area contributed by atoms with Crippen LogP contribution in [0.2, 0.25) is 0 Å². The Morgan fingerprint density at radius 3 is 2.71 bits per heavy atom. The van der Waals surface area contributed by atoms with Crippen molar-refractivity contribution in [2.45, 2.75) is 19.3 Å². The van der Waals surface area contributed by atoms with Gasteiger partial charge in [0.2, 0.25) is 0 Å². The molecule has 0 bridgehead atoms. The van der Waals surface area contributed by atoms with Gasteiger partial charge in [-0.05, 0) is 44.2 Å². The largest absolute Gasteiger partial charge is 0.465 e. The molecule has 2 heterocycles. The zero-order chi connectivity index (χ0) is 12.3. The molecule has 2 rings (SSSR count). The number of hydrogen-bond donors (Lipinski definition) is 1. The highest BCUT2D eigenvalue weighted by molar-refractivity contribution is 6.17. The molecule has 17 heavy (non-hydrogen) atoms. The number of carbonyl (C=O) groups is 1. The van der Waals surface area contributed by atoms with E-state index in [1.165, 1.54) is 6.42 Å². The van der Waals surface area contributed by atoms with Gasteiger partial charge in [-0.1, -0.05) is 0 Å². The topological polar surface area (TPSA) is 43.8 Å². The van der Waals surface area contributed by atoms with Crippen LogP contribution in [0.3, 0.4) is 0 Å². The molecule has 98 valence electrons. The molecular formula is C12H21ClN2O2. The Bertz CT molecular complexity index is 275. The van der Waals surface area contributed by atoms with Crippen LogP contribution in [-0.2, 0) is 0 Å². The van der Waals surface area contributed by atoms with E-state index in [4.69, 9.17) is 16.7 Å². The number of fused-ring (bicyclic) bond motifs is 1. The lowest BCUT2D eigenvalue weighted by molar-refractivity contribution is 0.0429. The molecule has 2 aliphatic rings. The van der Waals surface area contributed by atoms with E-state index < -0.39 is 6.09 Å². The highest BCUT2D eigenvalue weighted by Gasteiger charge is 2.35. The van der Waals surface area contributed by atoms with E-state index >= 15 is 0 Å². The highest BCUT2D eigenvalue weighted by atomic mass is 35.5. The third-order valence-corrected chi connectivity index (χ3v) is 4.35. The number of rotatable bonds is 3. The Morgan fingerprint density at radius 1 is 1.24 bits per heavy atom. The zero-order valence-electron chi connectivity index (χ0n) is 10.1.